The second-order valence-corrected chi connectivity index (χ2v) is 8.83. The number of urea groups is 1. The number of rotatable bonds is 7. The summed E-state index contributed by atoms with van der Waals surface area (Å²) < 4.78 is 5.98. The highest BCUT2D eigenvalue weighted by atomic mass is 16.5. The second kappa shape index (κ2) is 9.99. The van der Waals surface area contributed by atoms with Gasteiger partial charge in [0, 0.05) is 24.3 Å². The van der Waals surface area contributed by atoms with Crippen LogP contribution in [-0.2, 0) is 4.79 Å². The summed E-state index contributed by atoms with van der Waals surface area (Å²) in [5.41, 5.74) is 11.2. The predicted molar refractivity (Wildman–Crippen MR) is 141 cm³/mol. The van der Waals surface area contributed by atoms with Gasteiger partial charge in [-0.3, -0.25) is 9.89 Å². The molecule has 0 saturated carbocycles. The average molecular weight is 485 g/mol. The van der Waals surface area contributed by atoms with Gasteiger partial charge in [-0.25, -0.2) is 4.79 Å². The number of fused-ring (bicyclic) bond motifs is 1. The quantitative estimate of drug-likeness (QED) is 0.301. The van der Waals surface area contributed by atoms with Gasteiger partial charge in [0.25, 0.3) is 0 Å². The molecule has 2 heterocycles. The molecular weight excluding hydrogens is 456 g/mol. The van der Waals surface area contributed by atoms with E-state index >= 15 is 0 Å². The van der Waals surface area contributed by atoms with Crippen molar-refractivity contribution in [1.29, 1.82) is 0 Å². The van der Waals surface area contributed by atoms with Crippen molar-refractivity contribution in [3.8, 4) is 16.9 Å². The first-order valence-electron chi connectivity index (χ1n) is 11.9. The highest BCUT2D eigenvalue weighted by Gasteiger charge is 2.20. The fourth-order valence-corrected chi connectivity index (χ4v) is 4.45. The summed E-state index contributed by atoms with van der Waals surface area (Å²) in [5.74, 6) is 1.19. The van der Waals surface area contributed by atoms with Gasteiger partial charge in [0.1, 0.15) is 17.9 Å². The number of aromatic amines is 1. The zero-order valence-electron chi connectivity index (χ0n) is 20.0. The Hall–Kier alpha value is -4.53. The predicted octanol–water partition coefficient (Wildman–Crippen LogP) is 4.77. The molecule has 5 N–H and O–H groups in total. The molecule has 36 heavy (non-hydrogen) atoms. The van der Waals surface area contributed by atoms with Crippen LogP contribution >= 0.6 is 0 Å². The number of aryl methyl sites for hydroxylation is 1. The minimum absolute atomic E-state index is 0.176. The van der Waals surface area contributed by atoms with E-state index in [4.69, 9.17) is 10.5 Å². The molecule has 0 bridgehead atoms. The van der Waals surface area contributed by atoms with Crippen molar-refractivity contribution >= 4 is 40.0 Å². The van der Waals surface area contributed by atoms with E-state index in [1.807, 2.05) is 72.5 Å². The minimum atomic E-state index is -0.313. The molecular formula is C27H28N6O3. The van der Waals surface area contributed by atoms with E-state index in [9.17, 15) is 9.59 Å². The lowest BCUT2D eigenvalue weighted by molar-refractivity contribution is -0.128. The molecule has 0 unspecified atom stereocenters. The standard InChI is InChI=1S/C27H28N6O3/c1-17-4-2-5-20(16-17)30-27(35)29-19-9-7-18(8-10-19)21-11-12-22(25-24(21)26(28)32-31-25)36-15-14-33-13-3-6-23(33)34/h2,4-5,7-12,16H,3,6,13-15H2,1H3,(H3,28,31,32)(H2,29,30,35). The third-order valence-electron chi connectivity index (χ3n) is 6.23. The van der Waals surface area contributed by atoms with Crippen molar-refractivity contribution in [2.75, 3.05) is 36.1 Å². The number of hydrogen-bond acceptors (Lipinski definition) is 5. The lowest BCUT2D eigenvalue weighted by Crippen LogP contribution is -2.29. The van der Waals surface area contributed by atoms with Crippen LogP contribution in [0.3, 0.4) is 0 Å². The molecule has 1 aliphatic heterocycles. The van der Waals surface area contributed by atoms with Crippen LogP contribution in [0.1, 0.15) is 18.4 Å². The topological polar surface area (TPSA) is 125 Å². The lowest BCUT2D eigenvalue weighted by atomic mass is 10.0. The zero-order chi connectivity index (χ0) is 25.1. The summed E-state index contributed by atoms with van der Waals surface area (Å²) >= 11 is 0. The van der Waals surface area contributed by atoms with Gasteiger partial charge < -0.3 is 26.0 Å². The molecule has 5 rings (SSSR count). The number of H-pyrrole nitrogens is 1. The van der Waals surface area contributed by atoms with Crippen LogP contribution in [0, 0.1) is 6.92 Å². The van der Waals surface area contributed by atoms with Crippen LogP contribution in [0.25, 0.3) is 22.0 Å². The molecule has 3 amide bonds. The number of likely N-dealkylation sites (tertiary alicyclic amines) is 1. The number of nitrogens with one attached hydrogen (secondary N) is 3. The first-order chi connectivity index (χ1) is 17.5. The third-order valence-corrected chi connectivity index (χ3v) is 6.23. The molecule has 0 aliphatic carbocycles. The van der Waals surface area contributed by atoms with E-state index in [1.165, 1.54) is 0 Å². The van der Waals surface area contributed by atoms with Crippen LogP contribution in [0.15, 0.2) is 60.7 Å². The summed E-state index contributed by atoms with van der Waals surface area (Å²) in [7, 11) is 0. The number of amides is 3. The molecule has 184 valence electrons. The number of carbonyl (C=O) groups excluding carboxylic acids is 2. The van der Waals surface area contributed by atoms with Crippen LogP contribution in [0.5, 0.6) is 5.75 Å². The molecule has 0 radical (unpaired) electrons. The Morgan fingerprint density at radius 1 is 1.11 bits per heavy atom. The monoisotopic (exact) mass is 484 g/mol. The van der Waals surface area contributed by atoms with Crippen molar-refractivity contribution in [3.05, 3.63) is 66.2 Å². The highest BCUT2D eigenvalue weighted by molar-refractivity contribution is 6.04. The van der Waals surface area contributed by atoms with E-state index in [2.05, 4.69) is 20.8 Å². The van der Waals surface area contributed by atoms with Gasteiger partial charge in [-0.1, -0.05) is 24.3 Å². The fourth-order valence-electron chi connectivity index (χ4n) is 4.45. The number of nitrogen functional groups attached to an aromatic ring is 1. The molecule has 1 saturated heterocycles. The second-order valence-electron chi connectivity index (χ2n) is 8.83. The summed E-state index contributed by atoms with van der Waals surface area (Å²) in [6, 6.07) is 18.6. The maximum absolute atomic E-state index is 12.4. The summed E-state index contributed by atoms with van der Waals surface area (Å²) in [4.78, 5) is 26.0. The van der Waals surface area contributed by atoms with Crippen molar-refractivity contribution in [1.82, 2.24) is 15.1 Å². The Morgan fingerprint density at radius 2 is 1.92 bits per heavy atom. The van der Waals surface area contributed by atoms with Crippen LogP contribution in [0.4, 0.5) is 22.0 Å². The van der Waals surface area contributed by atoms with Crippen LogP contribution in [0.2, 0.25) is 0 Å². The molecule has 9 nitrogen and oxygen atoms in total. The van der Waals surface area contributed by atoms with Crippen molar-refractivity contribution < 1.29 is 14.3 Å². The molecule has 1 fully saturated rings. The smallest absolute Gasteiger partial charge is 0.323 e. The lowest BCUT2D eigenvalue weighted by Gasteiger charge is -2.16. The minimum Gasteiger partial charge on any atom is -0.489 e. The SMILES string of the molecule is Cc1cccc(NC(=O)Nc2ccc(-c3ccc(OCCN4CCCC4=O)c4[nH]nc(N)c34)cc2)c1. The van der Waals surface area contributed by atoms with Gasteiger partial charge in [-0.2, -0.15) is 5.10 Å². The molecule has 1 aliphatic rings. The molecule has 0 spiro atoms. The number of carbonyl (C=O) groups is 2. The molecule has 1 aromatic heterocycles. The van der Waals surface area contributed by atoms with E-state index in [1.54, 1.807) is 0 Å². The van der Waals surface area contributed by atoms with Crippen LogP contribution < -0.4 is 21.1 Å². The maximum atomic E-state index is 12.4. The Labute approximate surface area is 208 Å². The Balaban J connectivity index is 1.29. The van der Waals surface area contributed by atoms with Crippen molar-refractivity contribution in [2.45, 2.75) is 19.8 Å². The van der Waals surface area contributed by atoms with Gasteiger partial charge in [0.2, 0.25) is 5.91 Å². The van der Waals surface area contributed by atoms with Crippen LogP contribution in [-0.4, -0.2) is 46.7 Å². The maximum Gasteiger partial charge on any atom is 0.323 e. The molecule has 9 heteroatoms. The number of anilines is 3. The largest absolute Gasteiger partial charge is 0.489 e. The Kier molecular flexibility index (Phi) is 6.44. The number of ether oxygens (including phenoxy) is 1. The van der Waals surface area contributed by atoms with Crippen molar-refractivity contribution in [2.24, 2.45) is 0 Å². The van der Waals surface area contributed by atoms with Gasteiger partial charge in [0.15, 0.2) is 5.82 Å². The number of benzene rings is 3. The molecule has 0 atom stereocenters. The number of nitrogens with two attached hydrogens (primary N) is 1. The van der Waals surface area contributed by atoms with Gasteiger partial charge in [-0.15, -0.1) is 0 Å². The summed E-state index contributed by atoms with van der Waals surface area (Å²) in [6.07, 6.45) is 1.52. The fraction of sp³-hybridized carbons (Fsp3) is 0.222. The normalized spacial score (nSPS) is 13.2. The van der Waals surface area contributed by atoms with E-state index in [0.717, 1.165) is 40.7 Å². The Bertz CT molecular complexity index is 1410. The van der Waals surface area contributed by atoms with Gasteiger partial charge >= 0.3 is 6.03 Å². The van der Waals surface area contributed by atoms with E-state index in [0.29, 0.717) is 42.3 Å². The first kappa shape index (κ1) is 23.2. The zero-order valence-corrected chi connectivity index (χ0v) is 20.0. The number of hydrogen-bond donors (Lipinski definition) is 4. The molecule has 3 aromatic carbocycles. The third kappa shape index (κ3) is 4.95. The molecule has 4 aromatic rings. The number of aromatic nitrogens is 2. The number of nitrogens with zero attached hydrogens (tertiary/aromatic N) is 2. The van der Waals surface area contributed by atoms with E-state index in [-0.39, 0.29) is 11.9 Å². The van der Waals surface area contributed by atoms with Gasteiger partial charge in [-0.05, 0) is 66.4 Å². The van der Waals surface area contributed by atoms with Crippen molar-refractivity contribution in [3.63, 3.8) is 0 Å². The Morgan fingerprint density at radius 3 is 2.67 bits per heavy atom. The summed E-state index contributed by atoms with van der Waals surface area (Å²) in [5, 5.41) is 13.6. The van der Waals surface area contributed by atoms with E-state index < -0.39 is 0 Å². The summed E-state index contributed by atoms with van der Waals surface area (Å²) in [6.45, 7) is 3.70. The highest BCUT2D eigenvalue weighted by Crippen LogP contribution is 2.36. The first-order valence-corrected chi connectivity index (χ1v) is 11.9. The van der Waals surface area contributed by atoms with Gasteiger partial charge in [0.05, 0.1) is 11.9 Å². The average Bonchev–Trinajstić information content (AvgIpc) is 3.45.